The number of benzene rings is 1. The molecule has 1 heterocycles. The molecule has 1 aliphatic rings. The zero-order valence-corrected chi connectivity index (χ0v) is 10.8. The molecule has 2 rings (SSSR count). The zero-order chi connectivity index (χ0) is 12.4. The van der Waals surface area contributed by atoms with Crippen LogP contribution < -0.4 is 0 Å². The molecule has 0 saturated carbocycles. The standard InChI is InChI=1S/C12H13BrFNO2/c13-8-3-4-11(14)10(6-8)12(17)15-5-1-2-9(16)7-15/h3-4,6,9,16H,1-2,5,7H2. The van der Waals surface area contributed by atoms with Crippen LogP contribution in [0, 0.1) is 5.82 Å². The second kappa shape index (κ2) is 5.14. The lowest BCUT2D eigenvalue weighted by Crippen LogP contribution is -2.42. The largest absolute Gasteiger partial charge is 0.391 e. The molecule has 1 amide bonds. The summed E-state index contributed by atoms with van der Waals surface area (Å²) in [5.41, 5.74) is 0.0495. The third-order valence-electron chi connectivity index (χ3n) is 2.84. The van der Waals surface area contributed by atoms with Crippen molar-refractivity contribution in [3.05, 3.63) is 34.1 Å². The minimum Gasteiger partial charge on any atom is -0.391 e. The van der Waals surface area contributed by atoms with Crippen molar-refractivity contribution < 1.29 is 14.3 Å². The number of aliphatic hydroxyl groups excluding tert-OH is 1. The van der Waals surface area contributed by atoms with E-state index >= 15 is 0 Å². The number of carbonyl (C=O) groups is 1. The minimum absolute atomic E-state index is 0.0495. The molecule has 5 heteroatoms. The molecular formula is C12H13BrFNO2. The van der Waals surface area contributed by atoms with E-state index in [1.807, 2.05) is 0 Å². The van der Waals surface area contributed by atoms with E-state index in [4.69, 9.17) is 0 Å². The molecule has 3 nitrogen and oxygen atoms in total. The maximum Gasteiger partial charge on any atom is 0.256 e. The summed E-state index contributed by atoms with van der Waals surface area (Å²) >= 11 is 3.21. The predicted octanol–water partition coefficient (Wildman–Crippen LogP) is 2.19. The second-order valence-electron chi connectivity index (χ2n) is 4.17. The molecule has 0 spiro atoms. The van der Waals surface area contributed by atoms with E-state index in [2.05, 4.69) is 15.9 Å². The number of hydrogen-bond donors (Lipinski definition) is 1. The van der Waals surface area contributed by atoms with Crippen LogP contribution in [0.4, 0.5) is 4.39 Å². The van der Waals surface area contributed by atoms with Crippen LogP contribution in [0.2, 0.25) is 0 Å². The van der Waals surface area contributed by atoms with Crippen LogP contribution >= 0.6 is 15.9 Å². The summed E-state index contributed by atoms with van der Waals surface area (Å²) in [6, 6.07) is 4.29. The number of piperidine rings is 1. The molecule has 0 aliphatic carbocycles. The van der Waals surface area contributed by atoms with Gasteiger partial charge in [0.05, 0.1) is 11.7 Å². The summed E-state index contributed by atoms with van der Waals surface area (Å²) in [6.45, 7) is 0.854. The first-order chi connectivity index (χ1) is 8.08. The Bertz CT molecular complexity index is 439. The molecule has 92 valence electrons. The Morgan fingerprint density at radius 2 is 2.29 bits per heavy atom. The van der Waals surface area contributed by atoms with Crippen LogP contribution in [-0.4, -0.2) is 35.1 Å². The van der Waals surface area contributed by atoms with Gasteiger partial charge in [0, 0.05) is 17.6 Å². The van der Waals surface area contributed by atoms with Crippen LogP contribution in [0.3, 0.4) is 0 Å². The lowest BCUT2D eigenvalue weighted by molar-refractivity contribution is 0.0470. The van der Waals surface area contributed by atoms with Gasteiger partial charge in [-0.15, -0.1) is 0 Å². The summed E-state index contributed by atoms with van der Waals surface area (Å²) in [5, 5.41) is 9.50. The van der Waals surface area contributed by atoms with Gasteiger partial charge in [0.15, 0.2) is 0 Å². The Labute approximate surface area is 107 Å². The van der Waals surface area contributed by atoms with Crippen molar-refractivity contribution in [2.75, 3.05) is 13.1 Å². The predicted molar refractivity (Wildman–Crippen MR) is 65.2 cm³/mol. The number of β-amino-alcohol motifs (C(OH)–C–C–N with tert-alkyl or cyclic N) is 1. The molecule has 1 N–H and O–H groups in total. The van der Waals surface area contributed by atoms with Gasteiger partial charge in [-0.2, -0.15) is 0 Å². The number of likely N-dealkylation sites (tertiary alicyclic amines) is 1. The third kappa shape index (κ3) is 2.84. The van der Waals surface area contributed by atoms with Crippen molar-refractivity contribution in [3.63, 3.8) is 0 Å². The van der Waals surface area contributed by atoms with E-state index in [0.717, 1.165) is 6.42 Å². The number of hydrogen-bond acceptors (Lipinski definition) is 2. The summed E-state index contributed by atoms with van der Waals surface area (Å²) in [4.78, 5) is 13.6. The third-order valence-corrected chi connectivity index (χ3v) is 3.34. The molecule has 0 radical (unpaired) electrons. The fraction of sp³-hybridized carbons (Fsp3) is 0.417. The number of halogens is 2. The monoisotopic (exact) mass is 301 g/mol. The van der Waals surface area contributed by atoms with Crippen molar-refractivity contribution in [2.24, 2.45) is 0 Å². The van der Waals surface area contributed by atoms with E-state index in [1.54, 1.807) is 6.07 Å². The van der Waals surface area contributed by atoms with Gasteiger partial charge >= 0.3 is 0 Å². The number of aliphatic hydroxyl groups is 1. The van der Waals surface area contributed by atoms with Crippen molar-refractivity contribution >= 4 is 21.8 Å². The Balaban J connectivity index is 2.21. The highest BCUT2D eigenvalue weighted by molar-refractivity contribution is 9.10. The van der Waals surface area contributed by atoms with Crippen molar-refractivity contribution in [1.29, 1.82) is 0 Å². The van der Waals surface area contributed by atoms with Crippen molar-refractivity contribution in [3.8, 4) is 0 Å². The maximum absolute atomic E-state index is 13.5. The fourth-order valence-electron chi connectivity index (χ4n) is 1.97. The number of amides is 1. The molecule has 1 unspecified atom stereocenters. The number of rotatable bonds is 1. The lowest BCUT2D eigenvalue weighted by atomic mass is 10.1. The van der Waals surface area contributed by atoms with E-state index < -0.39 is 11.9 Å². The van der Waals surface area contributed by atoms with Gasteiger partial charge in [-0.05, 0) is 31.0 Å². The van der Waals surface area contributed by atoms with Crippen LogP contribution in [0.1, 0.15) is 23.2 Å². The van der Waals surface area contributed by atoms with Crippen LogP contribution in [-0.2, 0) is 0 Å². The Hall–Kier alpha value is -0.940. The van der Waals surface area contributed by atoms with E-state index in [9.17, 15) is 14.3 Å². The highest BCUT2D eigenvalue weighted by atomic mass is 79.9. The van der Waals surface area contributed by atoms with E-state index in [1.165, 1.54) is 17.0 Å². The Morgan fingerprint density at radius 3 is 3.00 bits per heavy atom. The van der Waals surface area contributed by atoms with E-state index in [-0.39, 0.29) is 18.0 Å². The summed E-state index contributed by atoms with van der Waals surface area (Å²) in [5.74, 6) is -0.888. The van der Waals surface area contributed by atoms with Gasteiger partial charge in [0.1, 0.15) is 5.82 Å². The molecule has 1 fully saturated rings. The van der Waals surface area contributed by atoms with Crippen LogP contribution in [0.5, 0.6) is 0 Å². The first kappa shape index (κ1) is 12.5. The van der Waals surface area contributed by atoms with Gasteiger partial charge in [0.2, 0.25) is 0 Å². The molecule has 17 heavy (non-hydrogen) atoms. The number of carbonyl (C=O) groups excluding carboxylic acids is 1. The fourth-order valence-corrected chi connectivity index (χ4v) is 2.33. The molecule has 1 atom stereocenters. The Kier molecular flexibility index (Phi) is 3.79. The first-order valence-electron chi connectivity index (χ1n) is 5.50. The number of nitrogens with zero attached hydrogens (tertiary/aromatic N) is 1. The lowest BCUT2D eigenvalue weighted by Gasteiger charge is -2.30. The maximum atomic E-state index is 13.5. The normalized spacial score (nSPS) is 20.4. The molecule has 1 aromatic rings. The van der Waals surface area contributed by atoms with Crippen molar-refractivity contribution in [2.45, 2.75) is 18.9 Å². The highest BCUT2D eigenvalue weighted by Gasteiger charge is 2.24. The molecule has 0 aromatic heterocycles. The highest BCUT2D eigenvalue weighted by Crippen LogP contribution is 2.19. The van der Waals surface area contributed by atoms with Gasteiger partial charge < -0.3 is 10.0 Å². The zero-order valence-electron chi connectivity index (χ0n) is 9.20. The van der Waals surface area contributed by atoms with Gasteiger partial charge in [-0.3, -0.25) is 4.79 Å². The first-order valence-corrected chi connectivity index (χ1v) is 6.29. The summed E-state index contributed by atoms with van der Waals surface area (Å²) < 4.78 is 14.2. The molecular weight excluding hydrogens is 289 g/mol. The average molecular weight is 302 g/mol. The minimum atomic E-state index is -0.529. The van der Waals surface area contributed by atoms with Gasteiger partial charge in [0.25, 0.3) is 5.91 Å². The average Bonchev–Trinajstić information content (AvgIpc) is 2.31. The smallest absolute Gasteiger partial charge is 0.256 e. The van der Waals surface area contributed by atoms with Gasteiger partial charge in [-0.25, -0.2) is 4.39 Å². The SMILES string of the molecule is O=C(c1cc(Br)ccc1F)N1CCCC(O)C1. The van der Waals surface area contributed by atoms with E-state index in [0.29, 0.717) is 17.4 Å². The molecule has 1 saturated heterocycles. The summed E-state index contributed by atoms with van der Waals surface area (Å²) in [7, 11) is 0. The Morgan fingerprint density at radius 1 is 1.53 bits per heavy atom. The van der Waals surface area contributed by atoms with Crippen molar-refractivity contribution in [1.82, 2.24) is 4.90 Å². The van der Waals surface area contributed by atoms with Crippen LogP contribution in [0.15, 0.2) is 22.7 Å². The topological polar surface area (TPSA) is 40.5 Å². The molecule has 1 aliphatic heterocycles. The second-order valence-corrected chi connectivity index (χ2v) is 5.09. The molecule has 0 bridgehead atoms. The van der Waals surface area contributed by atoms with Crippen LogP contribution in [0.25, 0.3) is 0 Å². The molecule has 1 aromatic carbocycles. The van der Waals surface area contributed by atoms with Gasteiger partial charge in [-0.1, -0.05) is 15.9 Å². The summed E-state index contributed by atoms with van der Waals surface area (Å²) in [6.07, 6.45) is 0.954. The quantitative estimate of drug-likeness (QED) is 0.864.